The zero-order chi connectivity index (χ0) is 21.2. The number of nitrogens with one attached hydrogen (secondary N) is 1. The highest BCUT2D eigenvalue weighted by molar-refractivity contribution is 7.89. The Morgan fingerprint density at radius 1 is 1.07 bits per heavy atom. The van der Waals surface area contributed by atoms with E-state index in [9.17, 15) is 13.2 Å². The van der Waals surface area contributed by atoms with Gasteiger partial charge >= 0.3 is 0 Å². The lowest BCUT2D eigenvalue weighted by Crippen LogP contribution is -2.53. The lowest BCUT2D eigenvalue weighted by Gasteiger charge is -2.36. The van der Waals surface area contributed by atoms with Crippen molar-refractivity contribution in [1.82, 2.24) is 14.5 Å². The fourth-order valence-electron chi connectivity index (χ4n) is 3.91. The number of carbonyl (C=O) groups is 1. The molecule has 0 atom stereocenters. The minimum Gasteiger partial charge on any atom is -0.350 e. The molecule has 0 saturated carbocycles. The summed E-state index contributed by atoms with van der Waals surface area (Å²) in [6.45, 7) is 12.5. The summed E-state index contributed by atoms with van der Waals surface area (Å²) >= 11 is 6.06. The topological polar surface area (TPSA) is 69.7 Å². The Morgan fingerprint density at radius 2 is 1.64 bits per heavy atom. The van der Waals surface area contributed by atoms with Gasteiger partial charge in [0.05, 0.1) is 11.6 Å². The molecule has 0 bridgehead atoms. The van der Waals surface area contributed by atoms with Gasteiger partial charge in [0.2, 0.25) is 15.9 Å². The van der Waals surface area contributed by atoms with Gasteiger partial charge in [0.1, 0.15) is 4.90 Å². The van der Waals surface area contributed by atoms with Crippen molar-refractivity contribution in [3.63, 3.8) is 0 Å². The summed E-state index contributed by atoms with van der Waals surface area (Å²) in [6.07, 6.45) is 0.871. The summed E-state index contributed by atoms with van der Waals surface area (Å²) in [6, 6.07) is 6.47. The number of amides is 1. The van der Waals surface area contributed by atoms with Crippen molar-refractivity contribution in [3.05, 3.63) is 29.3 Å². The third-order valence-corrected chi connectivity index (χ3v) is 7.00. The minimum absolute atomic E-state index is 0.0309. The van der Waals surface area contributed by atoms with Crippen LogP contribution < -0.4 is 5.32 Å². The highest BCUT2D eigenvalue weighted by atomic mass is 35.5. The largest absolute Gasteiger partial charge is 0.350 e. The van der Waals surface area contributed by atoms with Gasteiger partial charge in [-0.25, -0.2) is 8.42 Å². The van der Waals surface area contributed by atoms with E-state index in [0.29, 0.717) is 26.2 Å². The van der Waals surface area contributed by atoms with Gasteiger partial charge in [-0.05, 0) is 37.8 Å². The van der Waals surface area contributed by atoms with Crippen LogP contribution in [0.2, 0.25) is 5.02 Å². The Kier molecular flexibility index (Phi) is 7.18. The van der Waals surface area contributed by atoms with E-state index in [1.807, 2.05) is 18.7 Å². The maximum atomic E-state index is 12.8. The molecular formula is C20H32ClN3O3S. The summed E-state index contributed by atoms with van der Waals surface area (Å²) in [5.74, 6) is -0.0309. The first-order chi connectivity index (χ1) is 12.8. The van der Waals surface area contributed by atoms with Gasteiger partial charge < -0.3 is 5.32 Å². The van der Waals surface area contributed by atoms with Gasteiger partial charge in [0.25, 0.3) is 0 Å². The van der Waals surface area contributed by atoms with Gasteiger partial charge in [0, 0.05) is 31.7 Å². The second kappa shape index (κ2) is 8.69. The number of sulfonamides is 1. The van der Waals surface area contributed by atoms with E-state index in [0.717, 1.165) is 6.42 Å². The van der Waals surface area contributed by atoms with Crippen LogP contribution in [0.25, 0.3) is 0 Å². The van der Waals surface area contributed by atoms with Gasteiger partial charge in [-0.15, -0.1) is 0 Å². The molecule has 8 heteroatoms. The molecule has 0 unspecified atom stereocenters. The van der Waals surface area contributed by atoms with Crippen molar-refractivity contribution in [2.24, 2.45) is 5.41 Å². The summed E-state index contributed by atoms with van der Waals surface area (Å²) in [5, 5.41) is 3.33. The maximum absolute atomic E-state index is 12.8. The van der Waals surface area contributed by atoms with Gasteiger partial charge in [0.15, 0.2) is 0 Å². The molecule has 0 aromatic heterocycles. The number of nitrogens with zero attached hydrogens (tertiary/aromatic N) is 2. The lowest BCUT2D eigenvalue weighted by atomic mass is 9.82. The van der Waals surface area contributed by atoms with Gasteiger partial charge in [-0.2, -0.15) is 4.31 Å². The molecule has 0 spiro atoms. The van der Waals surface area contributed by atoms with E-state index < -0.39 is 10.0 Å². The van der Waals surface area contributed by atoms with Crippen LogP contribution >= 0.6 is 11.6 Å². The molecule has 1 fully saturated rings. The van der Waals surface area contributed by atoms with Crippen LogP contribution in [0.3, 0.4) is 0 Å². The molecular weight excluding hydrogens is 398 g/mol. The molecule has 0 radical (unpaired) electrons. The highest BCUT2D eigenvalue weighted by Crippen LogP contribution is 2.27. The second-order valence-corrected chi connectivity index (χ2v) is 11.6. The third kappa shape index (κ3) is 6.44. The first kappa shape index (κ1) is 23.1. The fraction of sp³-hybridized carbons (Fsp3) is 0.650. The molecule has 0 aliphatic carbocycles. The molecule has 1 aromatic carbocycles. The molecule has 6 nitrogen and oxygen atoms in total. The van der Waals surface area contributed by atoms with E-state index >= 15 is 0 Å². The monoisotopic (exact) mass is 429 g/mol. The first-order valence-electron chi connectivity index (χ1n) is 9.58. The lowest BCUT2D eigenvalue weighted by molar-refractivity contribution is -0.124. The molecule has 1 saturated heterocycles. The molecule has 1 aliphatic heterocycles. The average Bonchev–Trinajstić information content (AvgIpc) is 2.52. The zero-order valence-electron chi connectivity index (χ0n) is 17.5. The zero-order valence-corrected chi connectivity index (χ0v) is 19.0. The van der Waals surface area contributed by atoms with E-state index in [1.165, 1.54) is 10.4 Å². The van der Waals surface area contributed by atoms with Crippen LogP contribution in [0.15, 0.2) is 29.2 Å². The number of hydrogen-bond donors (Lipinski definition) is 1. The predicted octanol–water partition coefficient (Wildman–Crippen LogP) is 2.98. The Bertz CT molecular complexity index is 795. The van der Waals surface area contributed by atoms with Crippen molar-refractivity contribution < 1.29 is 13.2 Å². The molecule has 158 valence electrons. The fourth-order valence-corrected chi connectivity index (χ4v) is 5.83. The molecule has 2 rings (SSSR count). The van der Waals surface area contributed by atoms with Crippen LogP contribution in [0, 0.1) is 5.41 Å². The summed E-state index contributed by atoms with van der Waals surface area (Å²) in [4.78, 5) is 14.6. The number of piperazine rings is 1. The SMILES string of the molecule is CC(C)(C)CC(C)(C)NC(=O)CN1CCN(S(=O)(=O)c2ccccc2Cl)CC1. The van der Waals surface area contributed by atoms with Crippen molar-refractivity contribution in [2.45, 2.75) is 51.5 Å². The summed E-state index contributed by atoms with van der Waals surface area (Å²) < 4.78 is 27.0. The number of hydrogen-bond acceptors (Lipinski definition) is 4. The number of carbonyl (C=O) groups excluding carboxylic acids is 1. The van der Waals surface area contributed by atoms with E-state index in [1.54, 1.807) is 18.2 Å². The second-order valence-electron chi connectivity index (χ2n) is 9.28. The normalized spacial score (nSPS) is 17.5. The number of halogens is 1. The minimum atomic E-state index is -3.62. The van der Waals surface area contributed by atoms with Crippen molar-refractivity contribution >= 4 is 27.5 Å². The molecule has 28 heavy (non-hydrogen) atoms. The quantitative estimate of drug-likeness (QED) is 0.754. The van der Waals surface area contributed by atoms with Crippen LogP contribution in [-0.2, 0) is 14.8 Å². The van der Waals surface area contributed by atoms with E-state index in [-0.39, 0.29) is 33.3 Å². The molecule has 1 heterocycles. The van der Waals surface area contributed by atoms with Gasteiger partial charge in [-0.3, -0.25) is 9.69 Å². The average molecular weight is 430 g/mol. The van der Waals surface area contributed by atoms with E-state index in [4.69, 9.17) is 11.6 Å². The summed E-state index contributed by atoms with van der Waals surface area (Å²) in [7, 11) is -3.62. The van der Waals surface area contributed by atoms with Crippen LogP contribution in [0.5, 0.6) is 0 Å². The Morgan fingerprint density at radius 3 is 2.18 bits per heavy atom. The molecule has 1 aliphatic rings. The smallest absolute Gasteiger partial charge is 0.244 e. The van der Waals surface area contributed by atoms with Gasteiger partial charge in [-0.1, -0.05) is 44.5 Å². The Balaban J connectivity index is 1.90. The Labute approximate surface area is 174 Å². The van der Waals surface area contributed by atoms with Crippen molar-refractivity contribution in [1.29, 1.82) is 0 Å². The van der Waals surface area contributed by atoms with Crippen LogP contribution in [0.4, 0.5) is 0 Å². The molecule has 1 N–H and O–H groups in total. The first-order valence-corrected chi connectivity index (χ1v) is 11.4. The number of benzene rings is 1. The van der Waals surface area contributed by atoms with Crippen LogP contribution in [0.1, 0.15) is 41.0 Å². The Hall–Kier alpha value is -1.15. The van der Waals surface area contributed by atoms with Crippen LogP contribution in [-0.4, -0.2) is 61.8 Å². The predicted molar refractivity (Wildman–Crippen MR) is 113 cm³/mol. The van der Waals surface area contributed by atoms with E-state index in [2.05, 4.69) is 26.1 Å². The van der Waals surface area contributed by atoms with Crippen molar-refractivity contribution in [3.8, 4) is 0 Å². The summed E-state index contributed by atoms with van der Waals surface area (Å²) in [5.41, 5.74) is -0.167. The highest BCUT2D eigenvalue weighted by Gasteiger charge is 2.31. The maximum Gasteiger partial charge on any atom is 0.244 e. The molecule has 1 amide bonds. The number of rotatable bonds is 6. The van der Waals surface area contributed by atoms with Crippen molar-refractivity contribution in [2.75, 3.05) is 32.7 Å². The standard InChI is InChI=1S/C20H32ClN3O3S/c1-19(2,3)15-20(4,5)22-18(25)14-23-10-12-24(13-11-23)28(26,27)17-9-7-6-8-16(17)21/h6-9H,10-15H2,1-5H3,(H,22,25). The third-order valence-electron chi connectivity index (χ3n) is 4.60. The molecule has 1 aromatic rings.